The molecule has 7 heteroatoms. The van der Waals surface area contributed by atoms with E-state index in [0.717, 1.165) is 0 Å². The Hall–Kier alpha value is -2.12. The highest BCUT2D eigenvalue weighted by molar-refractivity contribution is 7.10. The fourth-order valence-corrected chi connectivity index (χ4v) is 3.71. The van der Waals surface area contributed by atoms with Crippen molar-refractivity contribution < 1.29 is 14.3 Å². The maximum atomic E-state index is 12.6. The summed E-state index contributed by atoms with van der Waals surface area (Å²) < 4.78 is 5.07. The van der Waals surface area contributed by atoms with Gasteiger partial charge in [-0.15, -0.1) is 11.3 Å². The molecule has 136 valence electrons. The van der Waals surface area contributed by atoms with Crippen molar-refractivity contribution in [2.45, 2.75) is 26.8 Å². The topological polar surface area (TPSA) is 74.4 Å². The summed E-state index contributed by atoms with van der Waals surface area (Å²) in [7, 11) is 3.97. The first-order valence-corrected chi connectivity index (χ1v) is 9.09. The number of nitrogens with zero attached hydrogens (tertiary/aromatic N) is 1. The molecule has 0 bridgehead atoms. The summed E-state index contributed by atoms with van der Waals surface area (Å²) in [5.74, 6) is -0.628. The van der Waals surface area contributed by atoms with Crippen LogP contribution in [-0.4, -0.2) is 49.0 Å². The number of carbonyl (C=O) groups excluding carboxylic acids is 2. The third-order valence-corrected chi connectivity index (χ3v) is 5.07. The number of rotatable bonds is 7. The highest BCUT2D eigenvalue weighted by Gasteiger charge is 2.24. The van der Waals surface area contributed by atoms with Crippen LogP contribution in [0.4, 0.5) is 0 Å². The summed E-state index contributed by atoms with van der Waals surface area (Å²) in [6, 6.07) is 4.16. The highest BCUT2D eigenvalue weighted by atomic mass is 32.1. The van der Waals surface area contributed by atoms with Crippen LogP contribution in [0, 0.1) is 13.8 Å². The summed E-state index contributed by atoms with van der Waals surface area (Å²) in [4.78, 5) is 30.9. The Bertz CT molecular complexity index is 735. The zero-order valence-corrected chi connectivity index (χ0v) is 16.1. The molecule has 2 N–H and O–H groups in total. The number of nitrogens with one attached hydrogen (secondary N) is 2. The van der Waals surface area contributed by atoms with E-state index in [2.05, 4.69) is 21.3 Å². The molecule has 0 aliphatic heterocycles. The number of H-pyrrole nitrogens is 1. The second-order valence-corrected chi connectivity index (χ2v) is 7.03. The van der Waals surface area contributed by atoms with Gasteiger partial charge in [0.2, 0.25) is 0 Å². The molecule has 2 heterocycles. The first-order chi connectivity index (χ1) is 11.9. The van der Waals surface area contributed by atoms with Crippen molar-refractivity contribution in [3.63, 3.8) is 0 Å². The molecule has 2 rings (SSSR count). The van der Waals surface area contributed by atoms with Gasteiger partial charge in [-0.2, -0.15) is 0 Å². The van der Waals surface area contributed by atoms with Crippen molar-refractivity contribution in [3.8, 4) is 0 Å². The third-order valence-electron chi connectivity index (χ3n) is 4.10. The molecule has 1 amide bonds. The number of thiophene rings is 1. The van der Waals surface area contributed by atoms with Crippen LogP contribution < -0.4 is 5.32 Å². The number of hydrogen-bond donors (Lipinski definition) is 2. The number of carbonyl (C=O) groups is 2. The SMILES string of the molecule is CCOC(=O)c1c(C)[nH]c(C(=O)NCC(c2cccs2)N(C)C)c1C. The fraction of sp³-hybridized carbons (Fsp3) is 0.444. The lowest BCUT2D eigenvalue weighted by molar-refractivity contribution is 0.0525. The van der Waals surface area contributed by atoms with Gasteiger partial charge in [0, 0.05) is 17.1 Å². The van der Waals surface area contributed by atoms with Crippen LogP contribution in [0.3, 0.4) is 0 Å². The van der Waals surface area contributed by atoms with Gasteiger partial charge < -0.3 is 19.9 Å². The quantitative estimate of drug-likeness (QED) is 0.742. The highest BCUT2D eigenvalue weighted by Crippen LogP contribution is 2.23. The smallest absolute Gasteiger partial charge is 0.340 e. The maximum Gasteiger partial charge on any atom is 0.340 e. The second-order valence-electron chi connectivity index (χ2n) is 6.05. The van der Waals surface area contributed by atoms with E-state index in [9.17, 15) is 9.59 Å². The van der Waals surface area contributed by atoms with E-state index in [1.54, 1.807) is 32.1 Å². The van der Waals surface area contributed by atoms with Crippen molar-refractivity contribution in [1.29, 1.82) is 0 Å². The lowest BCUT2D eigenvalue weighted by Crippen LogP contribution is -2.34. The third kappa shape index (κ3) is 4.29. The first-order valence-electron chi connectivity index (χ1n) is 8.21. The number of esters is 1. The minimum absolute atomic E-state index is 0.102. The summed E-state index contributed by atoms with van der Waals surface area (Å²) in [5.41, 5.74) is 2.10. The summed E-state index contributed by atoms with van der Waals surface area (Å²) >= 11 is 1.66. The molecule has 0 aliphatic carbocycles. The first kappa shape index (κ1) is 19.2. The molecular formula is C18H25N3O3S. The van der Waals surface area contributed by atoms with E-state index < -0.39 is 5.97 Å². The molecule has 0 spiro atoms. The monoisotopic (exact) mass is 363 g/mol. The predicted octanol–water partition coefficient (Wildman–Crippen LogP) is 2.90. The lowest BCUT2D eigenvalue weighted by atomic mass is 10.1. The summed E-state index contributed by atoms with van der Waals surface area (Å²) in [5, 5.41) is 4.99. The van der Waals surface area contributed by atoms with Crippen molar-refractivity contribution in [1.82, 2.24) is 15.2 Å². The van der Waals surface area contributed by atoms with Gasteiger partial charge in [0.15, 0.2) is 0 Å². The van der Waals surface area contributed by atoms with Crippen molar-refractivity contribution >= 4 is 23.2 Å². The molecule has 0 saturated carbocycles. The molecule has 2 aromatic rings. The fourth-order valence-electron chi connectivity index (χ4n) is 2.78. The Morgan fingerprint density at radius 1 is 1.36 bits per heavy atom. The van der Waals surface area contributed by atoms with E-state index in [0.29, 0.717) is 35.7 Å². The Kier molecular flexibility index (Phi) is 6.39. The van der Waals surface area contributed by atoms with Crippen molar-refractivity contribution in [2.24, 2.45) is 0 Å². The van der Waals surface area contributed by atoms with Crippen LogP contribution in [0.2, 0.25) is 0 Å². The molecule has 0 fully saturated rings. The zero-order valence-electron chi connectivity index (χ0n) is 15.3. The van der Waals surface area contributed by atoms with Crippen LogP contribution in [0.1, 0.15) is 49.9 Å². The van der Waals surface area contributed by atoms with Gasteiger partial charge in [-0.05, 0) is 51.9 Å². The Morgan fingerprint density at radius 2 is 2.08 bits per heavy atom. The lowest BCUT2D eigenvalue weighted by Gasteiger charge is -2.23. The molecular weight excluding hydrogens is 338 g/mol. The zero-order chi connectivity index (χ0) is 18.6. The van der Waals surface area contributed by atoms with Crippen LogP contribution in [-0.2, 0) is 4.74 Å². The Balaban J connectivity index is 2.13. The number of aromatic nitrogens is 1. The average Bonchev–Trinajstić information content (AvgIpc) is 3.15. The van der Waals surface area contributed by atoms with Crippen LogP contribution in [0.25, 0.3) is 0 Å². The molecule has 2 aromatic heterocycles. The molecule has 25 heavy (non-hydrogen) atoms. The standard InChI is InChI=1S/C18H25N3O3S/c1-6-24-18(23)15-11(2)16(20-12(15)3)17(22)19-10-13(21(4)5)14-8-7-9-25-14/h7-9,13,20H,6,10H2,1-5H3,(H,19,22). The molecule has 1 unspecified atom stereocenters. The Morgan fingerprint density at radius 3 is 2.64 bits per heavy atom. The summed E-state index contributed by atoms with van der Waals surface area (Å²) in [6.07, 6.45) is 0. The maximum absolute atomic E-state index is 12.6. The van der Waals surface area contributed by atoms with E-state index in [4.69, 9.17) is 4.74 Å². The van der Waals surface area contributed by atoms with E-state index in [1.807, 2.05) is 25.5 Å². The molecule has 6 nitrogen and oxygen atoms in total. The molecule has 0 aliphatic rings. The molecule has 0 saturated heterocycles. The van der Waals surface area contributed by atoms with Gasteiger partial charge in [-0.1, -0.05) is 6.07 Å². The Labute approximate surface area is 152 Å². The normalized spacial score (nSPS) is 12.2. The van der Waals surface area contributed by atoms with Crippen LogP contribution in [0.15, 0.2) is 17.5 Å². The van der Waals surface area contributed by atoms with Gasteiger partial charge >= 0.3 is 5.97 Å². The largest absolute Gasteiger partial charge is 0.462 e. The average molecular weight is 363 g/mol. The predicted molar refractivity (Wildman–Crippen MR) is 99.3 cm³/mol. The number of hydrogen-bond acceptors (Lipinski definition) is 5. The molecule has 0 radical (unpaired) electrons. The van der Waals surface area contributed by atoms with E-state index in [1.165, 1.54) is 4.88 Å². The number of aryl methyl sites for hydroxylation is 1. The van der Waals surface area contributed by atoms with Gasteiger partial charge in [0.25, 0.3) is 5.91 Å². The van der Waals surface area contributed by atoms with Gasteiger partial charge in [-0.25, -0.2) is 4.79 Å². The minimum Gasteiger partial charge on any atom is -0.462 e. The number of amides is 1. The van der Waals surface area contributed by atoms with Gasteiger partial charge in [-0.3, -0.25) is 4.79 Å². The number of likely N-dealkylation sites (N-methyl/N-ethyl adjacent to an activating group) is 1. The minimum atomic E-state index is -0.405. The van der Waals surface area contributed by atoms with Gasteiger partial charge in [0.05, 0.1) is 18.2 Å². The van der Waals surface area contributed by atoms with E-state index >= 15 is 0 Å². The number of ether oxygens (including phenoxy) is 1. The molecule has 0 aromatic carbocycles. The van der Waals surface area contributed by atoms with Crippen LogP contribution in [0.5, 0.6) is 0 Å². The van der Waals surface area contributed by atoms with E-state index in [-0.39, 0.29) is 11.9 Å². The molecule has 1 atom stereocenters. The number of aromatic amines is 1. The van der Waals surface area contributed by atoms with Crippen molar-refractivity contribution in [3.05, 3.63) is 44.9 Å². The van der Waals surface area contributed by atoms with Crippen LogP contribution >= 0.6 is 11.3 Å². The van der Waals surface area contributed by atoms with Crippen molar-refractivity contribution in [2.75, 3.05) is 27.2 Å². The summed E-state index contributed by atoms with van der Waals surface area (Å²) in [6.45, 7) is 6.07. The second kappa shape index (κ2) is 8.31. The van der Waals surface area contributed by atoms with Gasteiger partial charge in [0.1, 0.15) is 5.69 Å².